The van der Waals surface area contributed by atoms with E-state index >= 15 is 0 Å². The van der Waals surface area contributed by atoms with Gasteiger partial charge in [-0.25, -0.2) is 12.8 Å². The first kappa shape index (κ1) is 29.6. The number of halogens is 4. The molecule has 5 rings (SSSR count). The van der Waals surface area contributed by atoms with E-state index in [1.54, 1.807) is 6.07 Å². The number of anilines is 1. The van der Waals surface area contributed by atoms with Crippen LogP contribution < -0.4 is 10.1 Å². The summed E-state index contributed by atoms with van der Waals surface area (Å²) in [5.41, 5.74) is -3.90. The number of benzene rings is 2. The summed E-state index contributed by atoms with van der Waals surface area (Å²) in [5, 5.41) is 3.24. The van der Waals surface area contributed by atoms with Crippen molar-refractivity contribution in [2.75, 3.05) is 44.6 Å². The van der Waals surface area contributed by atoms with Gasteiger partial charge in [-0.15, -0.1) is 0 Å². The van der Waals surface area contributed by atoms with E-state index in [4.69, 9.17) is 9.47 Å². The summed E-state index contributed by atoms with van der Waals surface area (Å²) in [7, 11) is -5.37. The first-order valence-electron chi connectivity index (χ1n) is 13.7. The summed E-state index contributed by atoms with van der Waals surface area (Å²) in [5.74, 6) is 0.437. The maximum absolute atomic E-state index is 13.5. The van der Waals surface area contributed by atoms with Crippen LogP contribution in [0.1, 0.15) is 31.2 Å². The van der Waals surface area contributed by atoms with Crippen LogP contribution in [-0.2, 0) is 25.8 Å². The molecule has 2 aromatic rings. The van der Waals surface area contributed by atoms with Crippen LogP contribution in [0.25, 0.3) is 0 Å². The second-order valence-corrected chi connectivity index (χ2v) is 12.7. The van der Waals surface area contributed by atoms with Crippen LogP contribution in [0.2, 0.25) is 0 Å². The van der Waals surface area contributed by atoms with Gasteiger partial charge >= 0.3 is 5.51 Å². The quantitative estimate of drug-likeness (QED) is 0.459. The predicted molar refractivity (Wildman–Crippen MR) is 143 cm³/mol. The monoisotopic (exact) mass is 599 g/mol. The van der Waals surface area contributed by atoms with Crippen LogP contribution in [-0.4, -0.2) is 87.2 Å². The molecule has 1 aliphatic carbocycles. The molecule has 0 spiro atoms. The summed E-state index contributed by atoms with van der Waals surface area (Å²) < 4.78 is 86.5. The van der Waals surface area contributed by atoms with Gasteiger partial charge in [0.25, 0.3) is 9.84 Å². The molecule has 0 radical (unpaired) electrons. The summed E-state index contributed by atoms with van der Waals surface area (Å²) in [4.78, 5) is 16.0. The Bertz CT molecular complexity index is 1320. The van der Waals surface area contributed by atoms with E-state index < -0.39 is 20.2 Å². The maximum Gasteiger partial charge on any atom is 0.501 e. The lowest BCUT2D eigenvalue weighted by Crippen LogP contribution is -2.51. The van der Waals surface area contributed by atoms with E-state index in [9.17, 15) is 30.8 Å². The average molecular weight is 600 g/mol. The van der Waals surface area contributed by atoms with Crippen LogP contribution in [0.15, 0.2) is 47.4 Å². The minimum Gasteiger partial charge on any atom is -0.488 e. The Hall–Kier alpha value is -2.90. The number of ether oxygens (including phenoxy) is 2. The fourth-order valence-electron chi connectivity index (χ4n) is 5.61. The number of nitrogens with one attached hydrogen (secondary N) is 1. The summed E-state index contributed by atoms with van der Waals surface area (Å²) >= 11 is 0. The van der Waals surface area contributed by atoms with Crippen LogP contribution in [0.5, 0.6) is 5.75 Å². The lowest BCUT2D eigenvalue weighted by Gasteiger charge is -2.36. The van der Waals surface area contributed by atoms with Crippen molar-refractivity contribution in [1.82, 2.24) is 9.80 Å². The fraction of sp³-hybridized carbons (Fsp3) is 0.536. The average Bonchev–Trinajstić information content (AvgIpc) is 3.34. The molecule has 1 N–H and O–H groups in total. The second kappa shape index (κ2) is 12.1. The van der Waals surface area contributed by atoms with Crippen molar-refractivity contribution in [2.45, 2.75) is 60.8 Å². The lowest BCUT2D eigenvalue weighted by molar-refractivity contribution is -0.140. The molecule has 2 heterocycles. The van der Waals surface area contributed by atoms with E-state index in [0.717, 1.165) is 68.8 Å². The molecule has 1 saturated carbocycles. The van der Waals surface area contributed by atoms with Gasteiger partial charge in [-0.1, -0.05) is 0 Å². The van der Waals surface area contributed by atoms with Gasteiger partial charge in [-0.3, -0.25) is 9.69 Å². The Morgan fingerprint density at radius 1 is 1.00 bits per heavy atom. The lowest BCUT2D eigenvalue weighted by atomic mass is 9.93. The molecule has 2 aliphatic heterocycles. The Balaban J connectivity index is 0.982. The van der Waals surface area contributed by atoms with Crippen molar-refractivity contribution in [3.63, 3.8) is 0 Å². The predicted octanol–water partition coefficient (Wildman–Crippen LogP) is 4.01. The Labute approximate surface area is 236 Å². The van der Waals surface area contributed by atoms with Gasteiger partial charge in [0.15, 0.2) is 0 Å². The highest BCUT2D eigenvalue weighted by molar-refractivity contribution is 7.92. The molecule has 1 saturated heterocycles. The highest BCUT2D eigenvalue weighted by atomic mass is 32.2. The van der Waals surface area contributed by atoms with Crippen molar-refractivity contribution < 1.29 is 40.2 Å². The standard InChI is InChI=1S/C28H33F4N3O5S/c29-20-1-10-26-19(15-20)16-24(40-26)17-34-11-13-35(14-12-34)27(36)18-39-23-6-2-21(3-7-23)33-22-4-8-25(9-5-22)41(37,38)28(30,31)32/h1,4-5,8-10,15,21,23-24,33H,2-3,6-7,11-14,16-18H2. The molecule has 1 amide bonds. The Morgan fingerprint density at radius 2 is 1.68 bits per heavy atom. The maximum atomic E-state index is 13.5. The Morgan fingerprint density at radius 3 is 2.34 bits per heavy atom. The number of rotatable bonds is 8. The number of amides is 1. The zero-order valence-electron chi connectivity index (χ0n) is 22.4. The third kappa shape index (κ3) is 7.12. The molecule has 1 unspecified atom stereocenters. The summed E-state index contributed by atoms with van der Waals surface area (Å²) in [6.07, 6.45) is 3.56. The topological polar surface area (TPSA) is 88.2 Å². The van der Waals surface area contributed by atoms with Crippen LogP contribution in [0.3, 0.4) is 0 Å². The molecule has 8 nitrogen and oxygen atoms in total. The Kier molecular flexibility index (Phi) is 8.76. The highest BCUT2D eigenvalue weighted by Gasteiger charge is 2.46. The van der Waals surface area contributed by atoms with Gasteiger partial charge in [0.2, 0.25) is 5.91 Å². The van der Waals surface area contributed by atoms with Crippen LogP contribution >= 0.6 is 0 Å². The number of sulfone groups is 1. The molecule has 224 valence electrons. The van der Waals surface area contributed by atoms with Crippen molar-refractivity contribution in [1.29, 1.82) is 0 Å². The van der Waals surface area contributed by atoms with E-state index in [0.29, 0.717) is 25.2 Å². The van der Waals surface area contributed by atoms with Crippen molar-refractivity contribution in [3.8, 4) is 5.75 Å². The first-order valence-corrected chi connectivity index (χ1v) is 15.2. The van der Waals surface area contributed by atoms with Crippen LogP contribution in [0.4, 0.5) is 23.2 Å². The molecule has 3 aliphatic rings. The number of carbonyl (C=O) groups excluding carboxylic acids is 1. The van der Waals surface area contributed by atoms with Gasteiger partial charge in [0, 0.05) is 56.4 Å². The molecule has 2 aromatic carbocycles. The minimum absolute atomic E-state index is 0.0184. The number of carbonyl (C=O) groups is 1. The third-order valence-corrected chi connectivity index (χ3v) is 9.41. The summed E-state index contributed by atoms with van der Waals surface area (Å²) in [6, 6.07) is 9.24. The molecular formula is C28H33F4N3O5S. The third-order valence-electron chi connectivity index (χ3n) is 7.91. The van der Waals surface area contributed by atoms with Crippen LogP contribution in [0, 0.1) is 5.82 Å². The normalized spacial score (nSPS) is 23.6. The fourth-order valence-corrected chi connectivity index (χ4v) is 6.37. The van der Waals surface area contributed by atoms with Crippen molar-refractivity contribution in [2.24, 2.45) is 0 Å². The minimum atomic E-state index is -5.37. The number of alkyl halides is 3. The number of hydrogen-bond acceptors (Lipinski definition) is 7. The molecule has 41 heavy (non-hydrogen) atoms. The molecule has 0 bridgehead atoms. The number of fused-ring (bicyclic) bond motifs is 1. The molecule has 13 heteroatoms. The van der Waals surface area contributed by atoms with E-state index in [2.05, 4.69) is 10.2 Å². The first-order chi connectivity index (χ1) is 19.5. The van der Waals surface area contributed by atoms with E-state index in [1.807, 2.05) is 4.90 Å². The molecule has 2 fully saturated rings. The van der Waals surface area contributed by atoms with Gasteiger partial charge in [0.05, 0.1) is 11.0 Å². The number of piperazine rings is 1. The number of hydrogen-bond donors (Lipinski definition) is 1. The SMILES string of the molecule is O=C(COC1CCC(Nc2ccc(S(=O)(=O)C(F)(F)F)cc2)CC1)N1CCN(CC2Cc3cc(F)ccc3O2)CC1. The second-order valence-electron chi connectivity index (χ2n) is 10.8. The number of nitrogens with zero attached hydrogens (tertiary/aromatic N) is 2. The largest absolute Gasteiger partial charge is 0.501 e. The van der Waals surface area contributed by atoms with E-state index in [1.165, 1.54) is 24.3 Å². The van der Waals surface area contributed by atoms with Crippen molar-refractivity contribution >= 4 is 21.4 Å². The smallest absolute Gasteiger partial charge is 0.488 e. The zero-order valence-corrected chi connectivity index (χ0v) is 23.2. The summed E-state index contributed by atoms with van der Waals surface area (Å²) in [6.45, 7) is 3.42. The van der Waals surface area contributed by atoms with Gasteiger partial charge in [0.1, 0.15) is 24.3 Å². The highest BCUT2D eigenvalue weighted by Crippen LogP contribution is 2.32. The van der Waals surface area contributed by atoms with Gasteiger partial charge in [-0.2, -0.15) is 13.2 Å². The molecule has 0 aromatic heterocycles. The van der Waals surface area contributed by atoms with E-state index in [-0.39, 0.29) is 36.6 Å². The van der Waals surface area contributed by atoms with Crippen molar-refractivity contribution in [3.05, 3.63) is 53.8 Å². The van der Waals surface area contributed by atoms with Gasteiger partial charge in [-0.05, 0) is 68.1 Å². The molecular weight excluding hydrogens is 566 g/mol. The zero-order chi connectivity index (χ0) is 29.2. The molecule has 1 atom stereocenters. The van der Waals surface area contributed by atoms with Gasteiger partial charge < -0.3 is 19.7 Å².